The van der Waals surface area contributed by atoms with E-state index in [4.69, 9.17) is 4.74 Å². The van der Waals surface area contributed by atoms with E-state index in [2.05, 4.69) is 21.2 Å². The number of nitrogens with one attached hydrogen (secondary N) is 1. The summed E-state index contributed by atoms with van der Waals surface area (Å²) in [4.78, 5) is 25.5. The average molecular weight is 456 g/mol. The maximum atomic E-state index is 12.3. The lowest BCUT2D eigenvalue weighted by molar-refractivity contribution is 0.101. The first kappa shape index (κ1) is 20.2. The van der Waals surface area contributed by atoms with Gasteiger partial charge in [0.2, 0.25) is 0 Å². The minimum Gasteiger partial charge on any atom is -0.497 e. The summed E-state index contributed by atoms with van der Waals surface area (Å²) in [5.41, 5.74) is 1.95. The first-order valence-corrected chi connectivity index (χ1v) is 10.3. The van der Waals surface area contributed by atoms with Crippen LogP contribution in [0, 0.1) is 0 Å². The van der Waals surface area contributed by atoms with Gasteiger partial charge in [0.05, 0.1) is 12.9 Å². The minimum atomic E-state index is -0.187. The molecule has 0 aliphatic rings. The van der Waals surface area contributed by atoms with Gasteiger partial charge in [-0.3, -0.25) is 9.59 Å². The number of carbonyl (C=O) groups excluding carboxylic acids is 2. The van der Waals surface area contributed by atoms with E-state index in [0.29, 0.717) is 28.3 Å². The summed E-state index contributed by atoms with van der Waals surface area (Å²) in [5.74, 6) is 0.956. The standard InChI is InChI=1S/C22H18BrNO3S/c1-27-19-10-4-16(5-11-19)22(26)24-18-8-12-20(13-9-18)28-14-21(25)15-2-6-17(23)7-3-15/h2-13H,14H2,1H3,(H,24,26). The van der Waals surface area contributed by atoms with Crippen molar-refractivity contribution in [3.63, 3.8) is 0 Å². The highest BCUT2D eigenvalue weighted by Gasteiger charge is 2.08. The van der Waals surface area contributed by atoms with Gasteiger partial charge in [-0.1, -0.05) is 28.1 Å². The van der Waals surface area contributed by atoms with Crippen LogP contribution in [-0.4, -0.2) is 24.6 Å². The fraction of sp³-hybridized carbons (Fsp3) is 0.0909. The lowest BCUT2D eigenvalue weighted by Gasteiger charge is -2.07. The van der Waals surface area contributed by atoms with Crippen LogP contribution in [0.2, 0.25) is 0 Å². The van der Waals surface area contributed by atoms with Gasteiger partial charge in [-0.2, -0.15) is 0 Å². The van der Waals surface area contributed by atoms with Crippen LogP contribution in [0.1, 0.15) is 20.7 Å². The number of hydrogen-bond acceptors (Lipinski definition) is 4. The molecule has 3 rings (SSSR count). The first-order valence-electron chi connectivity index (χ1n) is 8.52. The summed E-state index contributed by atoms with van der Waals surface area (Å²) >= 11 is 4.83. The molecule has 0 aliphatic carbocycles. The number of hydrogen-bond donors (Lipinski definition) is 1. The zero-order valence-corrected chi connectivity index (χ0v) is 17.5. The predicted octanol–water partition coefficient (Wildman–Crippen LogP) is 5.69. The van der Waals surface area contributed by atoms with Gasteiger partial charge < -0.3 is 10.1 Å². The Morgan fingerprint density at radius 2 is 1.50 bits per heavy atom. The van der Waals surface area contributed by atoms with E-state index in [-0.39, 0.29) is 11.7 Å². The van der Waals surface area contributed by atoms with E-state index in [0.717, 1.165) is 9.37 Å². The van der Waals surface area contributed by atoms with Gasteiger partial charge in [0.1, 0.15) is 5.75 Å². The van der Waals surface area contributed by atoms with Crippen LogP contribution in [-0.2, 0) is 0 Å². The molecule has 0 saturated heterocycles. The Labute approximate surface area is 176 Å². The maximum Gasteiger partial charge on any atom is 0.255 e. The Bertz CT molecular complexity index is 955. The van der Waals surface area contributed by atoms with E-state index in [1.165, 1.54) is 11.8 Å². The largest absolute Gasteiger partial charge is 0.497 e. The second-order valence-corrected chi connectivity index (χ2v) is 7.89. The number of ketones is 1. The number of carbonyl (C=O) groups is 2. The third-order valence-electron chi connectivity index (χ3n) is 4.00. The van der Waals surface area contributed by atoms with E-state index in [9.17, 15) is 9.59 Å². The molecule has 0 spiro atoms. The van der Waals surface area contributed by atoms with Crippen molar-refractivity contribution in [1.29, 1.82) is 0 Å². The summed E-state index contributed by atoms with van der Waals surface area (Å²) < 4.78 is 6.04. The molecular weight excluding hydrogens is 438 g/mol. The van der Waals surface area contributed by atoms with Crippen LogP contribution in [0.5, 0.6) is 5.75 Å². The lowest BCUT2D eigenvalue weighted by Crippen LogP contribution is -2.11. The molecule has 0 aromatic heterocycles. The Hall–Kier alpha value is -2.57. The molecule has 0 unspecified atom stereocenters. The Morgan fingerprint density at radius 3 is 2.11 bits per heavy atom. The fourth-order valence-corrected chi connectivity index (χ4v) is 3.51. The lowest BCUT2D eigenvalue weighted by atomic mass is 10.2. The smallest absolute Gasteiger partial charge is 0.255 e. The van der Waals surface area contributed by atoms with Gasteiger partial charge in [-0.05, 0) is 60.7 Å². The van der Waals surface area contributed by atoms with E-state index in [1.807, 2.05) is 48.5 Å². The van der Waals surface area contributed by atoms with Crippen molar-refractivity contribution in [2.45, 2.75) is 4.90 Å². The number of Topliss-reactive ketones (excluding diaryl/α,β-unsaturated/α-hetero) is 1. The summed E-state index contributed by atoms with van der Waals surface area (Å²) in [6.45, 7) is 0. The molecule has 0 aliphatic heterocycles. The Balaban J connectivity index is 1.54. The molecule has 1 N–H and O–H groups in total. The van der Waals surface area contributed by atoms with Gasteiger partial charge in [-0.25, -0.2) is 0 Å². The maximum absolute atomic E-state index is 12.3. The molecule has 0 atom stereocenters. The molecular formula is C22H18BrNO3S. The highest BCUT2D eigenvalue weighted by molar-refractivity contribution is 9.10. The Morgan fingerprint density at radius 1 is 0.893 bits per heavy atom. The van der Waals surface area contributed by atoms with E-state index < -0.39 is 0 Å². The molecule has 0 fully saturated rings. The van der Waals surface area contributed by atoms with Crippen LogP contribution in [0.25, 0.3) is 0 Å². The number of anilines is 1. The zero-order chi connectivity index (χ0) is 19.9. The molecule has 4 nitrogen and oxygen atoms in total. The molecule has 3 aromatic rings. The monoisotopic (exact) mass is 455 g/mol. The van der Waals surface area contributed by atoms with Crippen LogP contribution < -0.4 is 10.1 Å². The molecule has 1 amide bonds. The van der Waals surface area contributed by atoms with E-state index in [1.54, 1.807) is 31.4 Å². The second kappa shape index (κ2) is 9.57. The molecule has 0 bridgehead atoms. The minimum absolute atomic E-state index is 0.0781. The molecule has 0 heterocycles. The number of methoxy groups -OCH3 is 1. The van der Waals surface area contributed by atoms with Crippen molar-refractivity contribution < 1.29 is 14.3 Å². The number of rotatable bonds is 7. The molecule has 0 saturated carbocycles. The summed E-state index contributed by atoms with van der Waals surface area (Å²) in [6, 6.07) is 21.7. The van der Waals surface area contributed by atoms with Crippen molar-refractivity contribution in [3.05, 3.63) is 88.4 Å². The van der Waals surface area contributed by atoms with Gasteiger partial charge in [0, 0.05) is 26.2 Å². The topological polar surface area (TPSA) is 55.4 Å². The first-order chi connectivity index (χ1) is 13.5. The van der Waals surface area contributed by atoms with Gasteiger partial charge in [-0.15, -0.1) is 11.8 Å². The van der Waals surface area contributed by atoms with Gasteiger partial charge >= 0.3 is 0 Å². The van der Waals surface area contributed by atoms with Crippen LogP contribution >= 0.6 is 27.7 Å². The van der Waals surface area contributed by atoms with Crippen molar-refractivity contribution in [1.82, 2.24) is 0 Å². The van der Waals surface area contributed by atoms with Crippen LogP contribution in [0.4, 0.5) is 5.69 Å². The second-order valence-electron chi connectivity index (χ2n) is 5.93. The fourth-order valence-electron chi connectivity index (χ4n) is 2.45. The van der Waals surface area contributed by atoms with Crippen molar-refractivity contribution in [2.75, 3.05) is 18.2 Å². The van der Waals surface area contributed by atoms with Crippen molar-refractivity contribution in [3.8, 4) is 5.75 Å². The zero-order valence-electron chi connectivity index (χ0n) is 15.1. The summed E-state index contributed by atoms with van der Waals surface area (Å²) in [6.07, 6.45) is 0. The predicted molar refractivity (Wildman–Crippen MR) is 117 cm³/mol. The molecule has 0 radical (unpaired) electrons. The third kappa shape index (κ3) is 5.47. The van der Waals surface area contributed by atoms with Crippen molar-refractivity contribution in [2.24, 2.45) is 0 Å². The van der Waals surface area contributed by atoms with Crippen LogP contribution in [0.3, 0.4) is 0 Å². The average Bonchev–Trinajstić information content (AvgIpc) is 2.73. The molecule has 28 heavy (non-hydrogen) atoms. The highest BCUT2D eigenvalue weighted by atomic mass is 79.9. The number of ether oxygens (including phenoxy) is 1. The van der Waals surface area contributed by atoms with E-state index >= 15 is 0 Å². The third-order valence-corrected chi connectivity index (χ3v) is 5.54. The normalized spacial score (nSPS) is 10.4. The number of thioether (sulfide) groups is 1. The SMILES string of the molecule is COc1ccc(C(=O)Nc2ccc(SCC(=O)c3ccc(Br)cc3)cc2)cc1. The summed E-state index contributed by atoms with van der Waals surface area (Å²) in [5, 5.41) is 2.86. The number of benzene rings is 3. The van der Waals surface area contributed by atoms with Gasteiger partial charge in [0.25, 0.3) is 5.91 Å². The van der Waals surface area contributed by atoms with Crippen LogP contribution in [0.15, 0.2) is 82.2 Å². The number of halogens is 1. The Kier molecular flexibility index (Phi) is 6.90. The molecule has 3 aromatic carbocycles. The van der Waals surface area contributed by atoms with Gasteiger partial charge in [0.15, 0.2) is 5.78 Å². The molecule has 6 heteroatoms. The summed E-state index contributed by atoms with van der Waals surface area (Å²) in [7, 11) is 1.58. The quantitative estimate of drug-likeness (QED) is 0.367. The van der Waals surface area contributed by atoms with Crippen molar-refractivity contribution >= 4 is 45.1 Å². The molecule has 142 valence electrons. The number of amides is 1. The highest BCUT2D eigenvalue weighted by Crippen LogP contribution is 2.22.